The zero-order chi connectivity index (χ0) is 12.0. The Bertz CT molecular complexity index is 351. The molecule has 0 radical (unpaired) electrons. The van der Waals surface area contributed by atoms with E-state index in [0.717, 1.165) is 0 Å². The average Bonchev–Trinajstić information content (AvgIpc) is 2.69. The number of rotatable bonds is 5. The molecule has 0 spiro atoms. The van der Waals surface area contributed by atoms with Crippen LogP contribution in [0.25, 0.3) is 0 Å². The Morgan fingerprint density at radius 2 is 2.31 bits per heavy atom. The van der Waals surface area contributed by atoms with Crippen LogP contribution in [0.4, 0.5) is 10.5 Å². The summed E-state index contributed by atoms with van der Waals surface area (Å²) in [5, 5.41) is 17.4. The molecule has 6 heteroatoms. The van der Waals surface area contributed by atoms with E-state index in [1.165, 1.54) is 11.3 Å². The summed E-state index contributed by atoms with van der Waals surface area (Å²) in [4.78, 5) is 22.2. The van der Waals surface area contributed by atoms with Crippen LogP contribution in [0.5, 0.6) is 0 Å². The lowest BCUT2D eigenvalue weighted by Crippen LogP contribution is -2.42. The first-order valence-corrected chi connectivity index (χ1v) is 5.90. The first kappa shape index (κ1) is 12.5. The Morgan fingerprint density at radius 3 is 2.81 bits per heavy atom. The van der Waals surface area contributed by atoms with Crippen molar-refractivity contribution in [2.75, 3.05) is 5.32 Å². The van der Waals surface area contributed by atoms with E-state index in [9.17, 15) is 9.59 Å². The van der Waals surface area contributed by atoms with E-state index in [4.69, 9.17) is 5.11 Å². The monoisotopic (exact) mass is 242 g/mol. The Labute approximate surface area is 97.5 Å². The molecule has 5 nitrogen and oxygen atoms in total. The van der Waals surface area contributed by atoms with Crippen molar-refractivity contribution in [3.05, 3.63) is 16.8 Å². The summed E-state index contributed by atoms with van der Waals surface area (Å²) in [5.74, 6) is -1.01. The van der Waals surface area contributed by atoms with Crippen molar-refractivity contribution in [2.45, 2.75) is 25.8 Å². The lowest BCUT2D eigenvalue weighted by molar-refractivity contribution is -0.139. The fraction of sp³-hybridized carbons (Fsp3) is 0.400. The normalized spacial score (nSPS) is 11.8. The number of thiophene rings is 1. The molecular formula is C10H14N2O3S. The van der Waals surface area contributed by atoms with Gasteiger partial charge in [-0.2, -0.15) is 11.3 Å². The van der Waals surface area contributed by atoms with Gasteiger partial charge in [-0.15, -0.1) is 0 Å². The molecule has 2 amide bonds. The van der Waals surface area contributed by atoms with E-state index in [2.05, 4.69) is 10.6 Å². The summed E-state index contributed by atoms with van der Waals surface area (Å²) in [5.41, 5.74) is 0.670. The number of anilines is 1. The van der Waals surface area contributed by atoms with Crippen LogP contribution in [0, 0.1) is 0 Å². The first-order chi connectivity index (χ1) is 7.63. The highest BCUT2D eigenvalue weighted by Crippen LogP contribution is 2.11. The minimum absolute atomic E-state index is 0.423. The number of carbonyl (C=O) groups is 2. The lowest BCUT2D eigenvalue weighted by atomic mass is 10.2. The molecule has 16 heavy (non-hydrogen) atoms. The molecule has 0 fully saturated rings. The fourth-order valence-electron chi connectivity index (χ4n) is 1.21. The molecule has 1 heterocycles. The van der Waals surface area contributed by atoms with Crippen LogP contribution >= 0.6 is 11.3 Å². The van der Waals surface area contributed by atoms with Gasteiger partial charge in [0.15, 0.2) is 0 Å². The van der Waals surface area contributed by atoms with Crippen LogP contribution in [0.2, 0.25) is 0 Å². The van der Waals surface area contributed by atoms with Crippen LogP contribution in [0.15, 0.2) is 16.8 Å². The highest BCUT2D eigenvalue weighted by atomic mass is 32.1. The number of hydrogen-bond donors (Lipinski definition) is 3. The number of aliphatic carboxylic acids is 1. The van der Waals surface area contributed by atoms with Crippen molar-refractivity contribution < 1.29 is 14.7 Å². The molecule has 0 aliphatic heterocycles. The van der Waals surface area contributed by atoms with Crippen molar-refractivity contribution in [1.82, 2.24) is 5.32 Å². The highest BCUT2D eigenvalue weighted by Gasteiger charge is 2.18. The van der Waals surface area contributed by atoms with E-state index in [0.29, 0.717) is 18.5 Å². The van der Waals surface area contributed by atoms with Gasteiger partial charge in [-0.1, -0.05) is 13.3 Å². The SMILES string of the molecule is CCC[C@@H](NC(=O)Nc1ccsc1)C(=O)O. The number of hydrogen-bond acceptors (Lipinski definition) is 3. The maximum atomic E-state index is 11.4. The topological polar surface area (TPSA) is 78.4 Å². The second-order valence-electron chi connectivity index (χ2n) is 3.29. The molecule has 0 unspecified atom stereocenters. The quantitative estimate of drug-likeness (QED) is 0.740. The molecule has 0 saturated carbocycles. The molecular weight excluding hydrogens is 228 g/mol. The van der Waals surface area contributed by atoms with Gasteiger partial charge in [0.1, 0.15) is 6.04 Å². The van der Waals surface area contributed by atoms with E-state index in [-0.39, 0.29) is 0 Å². The second kappa shape index (κ2) is 6.12. The summed E-state index contributed by atoms with van der Waals surface area (Å²) in [6, 6.07) is 0.433. The van der Waals surface area contributed by atoms with Gasteiger partial charge in [0.2, 0.25) is 0 Å². The number of carboxylic acids is 1. The number of nitrogens with one attached hydrogen (secondary N) is 2. The van der Waals surface area contributed by atoms with Gasteiger partial charge in [-0.05, 0) is 17.9 Å². The largest absolute Gasteiger partial charge is 0.480 e. The zero-order valence-electron chi connectivity index (χ0n) is 8.90. The Hall–Kier alpha value is -1.56. The Morgan fingerprint density at radius 1 is 1.56 bits per heavy atom. The predicted molar refractivity (Wildman–Crippen MR) is 62.8 cm³/mol. The van der Waals surface area contributed by atoms with Crippen molar-refractivity contribution in [3.8, 4) is 0 Å². The Balaban J connectivity index is 2.45. The molecule has 1 rings (SSSR count). The van der Waals surface area contributed by atoms with Crippen LogP contribution in [-0.2, 0) is 4.79 Å². The molecule has 1 aromatic rings. The number of amides is 2. The fourth-order valence-corrected chi connectivity index (χ4v) is 1.79. The number of urea groups is 1. The standard InChI is InChI=1S/C10H14N2O3S/c1-2-3-8(9(13)14)12-10(15)11-7-4-5-16-6-7/h4-6,8H,2-3H2,1H3,(H,13,14)(H2,11,12,15)/t8-/m1/s1. The van der Waals surface area contributed by atoms with Gasteiger partial charge >= 0.3 is 12.0 Å². The van der Waals surface area contributed by atoms with E-state index in [1.54, 1.807) is 11.4 Å². The summed E-state index contributed by atoms with van der Waals surface area (Å²) in [6.45, 7) is 1.87. The molecule has 0 bridgehead atoms. The van der Waals surface area contributed by atoms with E-state index >= 15 is 0 Å². The van der Waals surface area contributed by atoms with Crippen molar-refractivity contribution in [3.63, 3.8) is 0 Å². The predicted octanol–water partition coefficient (Wildman–Crippen LogP) is 2.12. The van der Waals surface area contributed by atoms with Gasteiger partial charge in [0.05, 0.1) is 5.69 Å². The highest BCUT2D eigenvalue weighted by molar-refractivity contribution is 7.08. The minimum Gasteiger partial charge on any atom is -0.480 e. The third-order valence-corrected chi connectivity index (χ3v) is 2.64. The molecule has 1 aromatic heterocycles. The van der Waals surface area contributed by atoms with Crippen molar-refractivity contribution >= 4 is 29.0 Å². The molecule has 0 saturated heterocycles. The van der Waals surface area contributed by atoms with Crippen LogP contribution in [-0.4, -0.2) is 23.1 Å². The van der Waals surface area contributed by atoms with Crippen LogP contribution in [0.3, 0.4) is 0 Å². The maximum absolute atomic E-state index is 11.4. The second-order valence-corrected chi connectivity index (χ2v) is 4.07. The summed E-state index contributed by atoms with van der Waals surface area (Å²) < 4.78 is 0. The Kier molecular flexibility index (Phi) is 4.78. The summed E-state index contributed by atoms with van der Waals surface area (Å²) in [7, 11) is 0. The lowest BCUT2D eigenvalue weighted by Gasteiger charge is -2.13. The molecule has 3 N–H and O–H groups in total. The molecule has 1 atom stereocenters. The van der Waals surface area contributed by atoms with Crippen molar-refractivity contribution in [1.29, 1.82) is 0 Å². The van der Waals surface area contributed by atoms with Crippen LogP contribution < -0.4 is 10.6 Å². The molecule has 0 aliphatic carbocycles. The summed E-state index contributed by atoms with van der Waals surface area (Å²) >= 11 is 1.46. The van der Waals surface area contributed by atoms with Crippen molar-refractivity contribution in [2.24, 2.45) is 0 Å². The third kappa shape index (κ3) is 3.90. The molecule has 88 valence electrons. The van der Waals surface area contributed by atoms with Gasteiger partial charge in [0, 0.05) is 5.38 Å². The summed E-state index contributed by atoms with van der Waals surface area (Å²) in [6.07, 6.45) is 1.13. The van der Waals surface area contributed by atoms with Gasteiger partial charge < -0.3 is 15.7 Å². The number of carboxylic acid groups (broad SMARTS) is 1. The van der Waals surface area contributed by atoms with E-state index in [1.807, 2.05) is 12.3 Å². The zero-order valence-corrected chi connectivity index (χ0v) is 9.71. The maximum Gasteiger partial charge on any atom is 0.326 e. The van der Waals surface area contributed by atoms with Gasteiger partial charge in [0.25, 0.3) is 0 Å². The van der Waals surface area contributed by atoms with Crippen LogP contribution in [0.1, 0.15) is 19.8 Å². The molecule has 0 aliphatic rings. The first-order valence-electron chi connectivity index (χ1n) is 4.96. The average molecular weight is 242 g/mol. The smallest absolute Gasteiger partial charge is 0.326 e. The van der Waals surface area contributed by atoms with Gasteiger partial charge in [-0.3, -0.25) is 0 Å². The molecule has 0 aromatic carbocycles. The van der Waals surface area contributed by atoms with E-state index < -0.39 is 18.0 Å². The number of carbonyl (C=O) groups excluding carboxylic acids is 1. The third-order valence-electron chi connectivity index (χ3n) is 1.96. The van der Waals surface area contributed by atoms with Gasteiger partial charge in [-0.25, -0.2) is 9.59 Å². The minimum atomic E-state index is -1.01.